The predicted octanol–water partition coefficient (Wildman–Crippen LogP) is 4.52. The molecular weight excluding hydrogens is 340 g/mol. The SMILES string of the molecule is CN=C(NCc1nc(C(C)(C)C)cs1)NC(C)c1cccc(Cl)c1. The van der Waals surface area contributed by atoms with E-state index in [1.807, 2.05) is 24.3 Å². The maximum atomic E-state index is 6.06. The van der Waals surface area contributed by atoms with Crippen LogP contribution >= 0.6 is 22.9 Å². The molecule has 0 bridgehead atoms. The molecule has 4 nitrogen and oxygen atoms in total. The molecule has 1 heterocycles. The first-order valence-electron chi connectivity index (χ1n) is 7.97. The van der Waals surface area contributed by atoms with Gasteiger partial charge in [0, 0.05) is 22.9 Å². The molecule has 0 radical (unpaired) electrons. The second-order valence-corrected chi connectivity index (χ2v) is 8.10. The minimum Gasteiger partial charge on any atom is -0.350 e. The Bertz CT molecular complexity index is 703. The molecule has 0 aliphatic carbocycles. The normalized spacial score (nSPS) is 13.7. The van der Waals surface area contributed by atoms with Crippen LogP contribution in [0.1, 0.15) is 50.0 Å². The van der Waals surface area contributed by atoms with Crippen molar-refractivity contribution in [2.24, 2.45) is 4.99 Å². The van der Waals surface area contributed by atoms with Crippen LogP contribution in [0.5, 0.6) is 0 Å². The lowest BCUT2D eigenvalue weighted by molar-refractivity contribution is 0.570. The molecule has 0 saturated heterocycles. The second kappa shape index (κ2) is 7.99. The van der Waals surface area contributed by atoms with E-state index in [-0.39, 0.29) is 11.5 Å². The highest BCUT2D eigenvalue weighted by atomic mass is 35.5. The number of thiazole rings is 1. The molecule has 1 unspecified atom stereocenters. The number of guanidine groups is 1. The van der Waals surface area contributed by atoms with Crippen LogP contribution < -0.4 is 10.6 Å². The summed E-state index contributed by atoms with van der Waals surface area (Å²) in [4.78, 5) is 8.98. The van der Waals surface area contributed by atoms with Crippen LogP contribution in [-0.2, 0) is 12.0 Å². The molecular formula is C18H25ClN4S. The standard InChI is InChI=1S/C18H25ClN4S/c1-12(13-7-6-8-14(19)9-13)22-17(20-5)21-10-16-23-15(11-24-16)18(2,3)4/h6-9,11-12H,10H2,1-5H3,(H2,20,21,22). The Balaban J connectivity index is 1.94. The van der Waals surface area contributed by atoms with E-state index >= 15 is 0 Å². The van der Waals surface area contributed by atoms with Gasteiger partial charge >= 0.3 is 0 Å². The molecule has 2 rings (SSSR count). The number of rotatable bonds is 4. The first-order valence-corrected chi connectivity index (χ1v) is 9.23. The second-order valence-electron chi connectivity index (χ2n) is 6.72. The van der Waals surface area contributed by atoms with Crippen LogP contribution in [-0.4, -0.2) is 18.0 Å². The number of nitrogens with zero attached hydrogens (tertiary/aromatic N) is 2. The topological polar surface area (TPSA) is 49.3 Å². The Morgan fingerprint density at radius 3 is 2.71 bits per heavy atom. The van der Waals surface area contributed by atoms with E-state index in [0.29, 0.717) is 6.54 Å². The zero-order valence-electron chi connectivity index (χ0n) is 14.9. The van der Waals surface area contributed by atoms with Crippen molar-refractivity contribution in [1.29, 1.82) is 0 Å². The largest absolute Gasteiger partial charge is 0.350 e. The number of aromatic nitrogens is 1. The molecule has 1 atom stereocenters. The van der Waals surface area contributed by atoms with Gasteiger partial charge in [0.2, 0.25) is 0 Å². The fourth-order valence-electron chi connectivity index (χ4n) is 2.15. The molecule has 1 aromatic carbocycles. The van der Waals surface area contributed by atoms with Crippen molar-refractivity contribution in [3.8, 4) is 0 Å². The van der Waals surface area contributed by atoms with Gasteiger partial charge in [0.25, 0.3) is 0 Å². The number of aliphatic imine (C=N–C) groups is 1. The molecule has 2 aromatic rings. The van der Waals surface area contributed by atoms with Gasteiger partial charge < -0.3 is 10.6 Å². The zero-order chi connectivity index (χ0) is 17.7. The number of hydrogen-bond acceptors (Lipinski definition) is 3. The summed E-state index contributed by atoms with van der Waals surface area (Å²) in [7, 11) is 1.77. The molecule has 0 spiro atoms. The monoisotopic (exact) mass is 364 g/mol. The summed E-state index contributed by atoms with van der Waals surface area (Å²) in [5.41, 5.74) is 2.32. The van der Waals surface area contributed by atoms with Gasteiger partial charge in [-0.25, -0.2) is 4.98 Å². The molecule has 0 aliphatic rings. The van der Waals surface area contributed by atoms with Gasteiger partial charge in [-0.3, -0.25) is 4.99 Å². The van der Waals surface area contributed by atoms with Crippen LogP contribution in [0.2, 0.25) is 5.02 Å². The maximum Gasteiger partial charge on any atom is 0.191 e. The Kier molecular flexibility index (Phi) is 6.24. The van der Waals surface area contributed by atoms with E-state index in [1.54, 1.807) is 18.4 Å². The van der Waals surface area contributed by atoms with Gasteiger partial charge in [-0.1, -0.05) is 44.5 Å². The van der Waals surface area contributed by atoms with Gasteiger partial charge in [-0.15, -0.1) is 11.3 Å². The molecule has 6 heteroatoms. The smallest absolute Gasteiger partial charge is 0.191 e. The summed E-state index contributed by atoms with van der Waals surface area (Å²) in [5, 5.41) is 10.6. The minimum atomic E-state index is 0.0791. The summed E-state index contributed by atoms with van der Waals surface area (Å²) in [5.74, 6) is 0.745. The Morgan fingerprint density at radius 2 is 2.12 bits per heavy atom. The van der Waals surface area contributed by atoms with Crippen LogP contribution in [0.4, 0.5) is 0 Å². The van der Waals surface area contributed by atoms with Gasteiger partial charge in [-0.05, 0) is 24.6 Å². The van der Waals surface area contributed by atoms with E-state index in [4.69, 9.17) is 16.6 Å². The molecule has 0 saturated carbocycles. The number of nitrogens with one attached hydrogen (secondary N) is 2. The Labute approximate surface area is 153 Å². The molecule has 0 fully saturated rings. The summed E-state index contributed by atoms with van der Waals surface area (Å²) < 4.78 is 0. The van der Waals surface area contributed by atoms with E-state index in [9.17, 15) is 0 Å². The lowest BCUT2D eigenvalue weighted by Gasteiger charge is -2.18. The zero-order valence-corrected chi connectivity index (χ0v) is 16.4. The van der Waals surface area contributed by atoms with Crippen molar-refractivity contribution in [2.75, 3.05) is 7.05 Å². The summed E-state index contributed by atoms with van der Waals surface area (Å²) in [6.07, 6.45) is 0. The molecule has 130 valence electrons. The van der Waals surface area contributed by atoms with E-state index in [0.717, 1.165) is 27.2 Å². The number of halogens is 1. The Hall–Kier alpha value is -1.59. The van der Waals surface area contributed by atoms with Crippen LogP contribution in [0.25, 0.3) is 0 Å². The van der Waals surface area contributed by atoms with E-state index < -0.39 is 0 Å². The summed E-state index contributed by atoms with van der Waals surface area (Å²) in [6, 6.07) is 7.95. The van der Waals surface area contributed by atoms with E-state index in [2.05, 4.69) is 48.7 Å². The van der Waals surface area contributed by atoms with Gasteiger partial charge in [0.1, 0.15) is 5.01 Å². The highest BCUT2D eigenvalue weighted by Gasteiger charge is 2.17. The first-order chi connectivity index (χ1) is 11.3. The highest BCUT2D eigenvalue weighted by Crippen LogP contribution is 2.23. The van der Waals surface area contributed by atoms with Gasteiger partial charge in [0.15, 0.2) is 5.96 Å². The number of benzene rings is 1. The van der Waals surface area contributed by atoms with E-state index in [1.165, 1.54) is 0 Å². The van der Waals surface area contributed by atoms with Crippen molar-refractivity contribution in [3.63, 3.8) is 0 Å². The number of hydrogen-bond donors (Lipinski definition) is 2. The predicted molar refractivity (Wildman–Crippen MR) is 104 cm³/mol. The fourth-order valence-corrected chi connectivity index (χ4v) is 3.31. The molecule has 1 aromatic heterocycles. The third-order valence-electron chi connectivity index (χ3n) is 3.65. The van der Waals surface area contributed by atoms with Crippen molar-refractivity contribution < 1.29 is 0 Å². The van der Waals surface area contributed by atoms with Crippen LogP contribution in [0.3, 0.4) is 0 Å². The lowest BCUT2D eigenvalue weighted by atomic mass is 9.93. The molecule has 0 amide bonds. The summed E-state index contributed by atoms with van der Waals surface area (Å²) >= 11 is 7.73. The quantitative estimate of drug-likeness (QED) is 0.619. The molecule has 2 N–H and O–H groups in total. The van der Waals surface area contributed by atoms with Crippen molar-refractivity contribution in [1.82, 2.24) is 15.6 Å². The van der Waals surface area contributed by atoms with Crippen molar-refractivity contribution in [3.05, 3.63) is 50.9 Å². The van der Waals surface area contributed by atoms with Gasteiger partial charge in [0.05, 0.1) is 18.3 Å². The minimum absolute atomic E-state index is 0.0791. The summed E-state index contributed by atoms with van der Waals surface area (Å²) in [6.45, 7) is 9.26. The lowest BCUT2D eigenvalue weighted by Crippen LogP contribution is -2.38. The first kappa shape index (κ1) is 18.7. The molecule has 0 aliphatic heterocycles. The van der Waals surface area contributed by atoms with Gasteiger partial charge in [-0.2, -0.15) is 0 Å². The Morgan fingerprint density at radius 1 is 1.38 bits per heavy atom. The molecule has 24 heavy (non-hydrogen) atoms. The highest BCUT2D eigenvalue weighted by molar-refractivity contribution is 7.09. The fraction of sp³-hybridized carbons (Fsp3) is 0.444. The van der Waals surface area contributed by atoms with Crippen molar-refractivity contribution in [2.45, 2.75) is 45.7 Å². The third kappa shape index (κ3) is 5.21. The average molecular weight is 365 g/mol. The van der Waals surface area contributed by atoms with Crippen LogP contribution in [0, 0.1) is 0 Å². The van der Waals surface area contributed by atoms with Crippen LogP contribution in [0.15, 0.2) is 34.6 Å². The average Bonchev–Trinajstić information content (AvgIpc) is 3.00. The van der Waals surface area contributed by atoms with Crippen molar-refractivity contribution >= 4 is 28.9 Å². The third-order valence-corrected chi connectivity index (χ3v) is 4.74. The maximum absolute atomic E-state index is 6.06.